The van der Waals surface area contributed by atoms with Gasteiger partial charge in [-0.05, 0) is 6.07 Å². The summed E-state index contributed by atoms with van der Waals surface area (Å²) >= 11 is 0. The first-order valence-corrected chi connectivity index (χ1v) is 6.06. The molecule has 1 aromatic carbocycles. The topological polar surface area (TPSA) is 60.5 Å². The van der Waals surface area contributed by atoms with Gasteiger partial charge in [0, 0.05) is 30.6 Å². The first-order valence-electron chi connectivity index (χ1n) is 6.06. The lowest BCUT2D eigenvalue weighted by Gasteiger charge is -2.19. The van der Waals surface area contributed by atoms with Crippen molar-refractivity contribution in [1.82, 2.24) is 4.98 Å². The van der Waals surface area contributed by atoms with Crippen molar-refractivity contribution in [3.63, 3.8) is 0 Å². The molecular weight excluding hydrogens is 244 g/mol. The van der Waals surface area contributed by atoms with Crippen LogP contribution in [-0.2, 0) is 0 Å². The van der Waals surface area contributed by atoms with Crippen molar-refractivity contribution in [3.8, 4) is 11.5 Å². The van der Waals surface area contributed by atoms with Crippen molar-refractivity contribution in [2.75, 3.05) is 26.1 Å². The van der Waals surface area contributed by atoms with E-state index >= 15 is 0 Å². The molecule has 0 unspecified atom stereocenters. The van der Waals surface area contributed by atoms with Gasteiger partial charge in [0.05, 0.1) is 31.0 Å². The largest absolute Gasteiger partial charge is 0.493 e. The highest BCUT2D eigenvalue weighted by Crippen LogP contribution is 2.37. The molecule has 0 saturated carbocycles. The van der Waals surface area contributed by atoms with Crippen LogP contribution in [0.4, 0.5) is 5.69 Å². The van der Waals surface area contributed by atoms with Gasteiger partial charge >= 0.3 is 0 Å². The van der Waals surface area contributed by atoms with E-state index in [9.17, 15) is 4.79 Å². The van der Waals surface area contributed by atoms with Gasteiger partial charge in [0.1, 0.15) is 0 Å². The summed E-state index contributed by atoms with van der Waals surface area (Å²) in [6, 6.07) is 3.67. The van der Waals surface area contributed by atoms with Gasteiger partial charge in [0.15, 0.2) is 17.3 Å². The van der Waals surface area contributed by atoms with Crippen LogP contribution in [0.25, 0.3) is 10.9 Å². The Hall–Kier alpha value is -2.30. The molecule has 0 radical (unpaired) electrons. The van der Waals surface area contributed by atoms with Crippen molar-refractivity contribution in [3.05, 3.63) is 23.9 Å². The Labute approximate surface area is 110 Å². The number of benzene rings is 1. The predicted octanol–water partition coefficient (Wildman–Crippen LogP) is 2.25. The number of aromatic nitrogens is 1. The monoisotopic (exact) mass is 258 g/mol. The molecule has 1 aromatic heterocycles. The fourth-order valence-corrected chi connectivity index (χ4v) is 2.36. The second kappa shape index (κ2) is 4.42. The molecule has 5 nitrogen and oxygen atoms in total. The van der Waals surface area contributed by atoms with E-state index in [0.717, 1.165) is 16.6 Å². The molecule has 98 valence electrons. The van der Waals surface area contributed by atoms with E-state index in [2.05, 4.69) is 10.3 Å². The SMILES string of the molecule is COc1cc2ncc3c(c2cc1OC)NCCC3=O. The van der Waals surface area contributed by atoms with E-state index in [4.69, 9.17) is 9.47 Å². The lowest BCUT2D eigenvalue weighted by molar-refractivity contribution is 0.0983. The number of fused-ring (bicyclic) bond motifs is 3. The fraction of sp³-hybridized carbons (Fsp3) is 0.286. The number of rotatable bonds is 2. The van der Waals surface area contributed by atoms with E-state index in [1.54, 1.807) is 20.4 Å². The van der Waals surface area contributed by atoms with Crippen LogP contribution < -0.4 is 14.8 Å². The number of anilines is 1. The zero-order chi connectivity index (χ0) is 13.4. The standard InChI is InChI=1S/C14H14N2O3/c1-18-12-5-8-10(6-13(12)19-2)16-7-9-11(17)3-4-15-14(8)9/h5-7,15H,3-4H2,1-2H3. The second-order valence-corrected chi connectivity index (χ2v) is 4.37. The molecule has 2 aromatic rings. The number of methoxy groups -OCH3 is 2. The van der Waals surface area contributed by atoms with E-state index in [0.29, 0.717) is 30.0 Å². The van der Waals surface area contributed by atoms with Gasteiger partial charge in [-0.25, -0.2) is 0 Å². The molecule has 0 amide bonds. The summed E-state index contributed by atoms with van der Waals surface area (Å²) < 4.78 is 10.6. The molecule has 0 fully saturated rings. The molecule has 0 atom stereocenters. The van der Waals surface area contributed by atoms with Gasteiger partial charge in [-0.2, -0.15) is 0 Å². The third-order valence-electron chi connectivity index (χ3n) is 3.33. The van der Waals surface area contributed by atoms with E-state index in [-0.39, 0.29) is 5.78 Å². The van der Waals surface area contributed by atoms with Gasteiger partial charge in [-0.15, -0.1) is 0 Å². The Bertz CT molecular complexity index is 667. The number of nitrogens with zero attached hydrogens (tertiary/aromatic N) is 1. The van der Waals surface area contributed by atoms with E-state index in [1.807, 2.05) is 12.1 Å². The molecule has 0 saturated heterocycles. The zero-order valence-electron chi connectivity index (χ0n) is 10.8. The van der Waals surface area contributed by atoms with E-state index in [1.165, 1.54) is 0 Å². The summed E-state index contributed by atoms with van der Waals surface area (Å²) in [4.78, 5) is 16.2. The third-order valence-corrected chi connectivity index (χ3v) is 3.33. The highest BCUT2D eigenvalue weighted by atomic mass is 16.5. The van der Waals surface area contributed by atoms with Crippen molar-refractivity contribution in [2.45, 2.75) is 6.42 Å². The van der Waals surface area contributed by atoms with Crippen LogP contribution in [0.15, 0.2) is 18.3 Å². The Morgan fingerprint density at radius 3 is 2.68 bits per heavy atom. The van der Waals surface area contributed by atoms with Crippen molar-refractivity contribution in [1.29, 1.82) is 0 Å². The Kier molecular flexibility index (Phi) is 2.74. The lowest BCUT2D eigenvalue weighted by Crippen LogP contribution is -2.18. The normalized spacial score (nSPS) is 13.9. The maximum atomic E-state index is 11.9. The van der Waals surface area contributed by atoms with E-state index < -0.39 is 0 Å². The Morgan fingerprint density at radius 2 is 1.95 bits per heavy atom. The minimum absolute atomic E-state index is 0.123. The quantitative estimate of drug-likeness (QED) is 0.895. The zero-order valence-corrected chi connectivity index (χ0v) is 10.8. The van der Waals surface area contributed by atoms with Crippen LogP contribution in [0.2, 0.25) is 0 Å². The summed E-state index contributed by atoms with van der Waals surface area (Å²) in [5.41, 5.74) is 2.26. The van der Waals surface area contributed by atoms with Crippen LogP contribution in [0.5, 0.6) is 11.5 Å². The van der Waals surface area contributed by atoms with Crippen LogP contribution in [-0.4, -0.2) is 31.5 Å². The summed E-state index contributed by atoms with van der Waals surface area (Å²) in [7, 11) is 3.18. The maximum absolute atomic E-state index is 11.9. The van der Waals surface area contributed by atoms with Crippen LogP contribution >= 0.6 is 0 Å². The van der Waals surface area contributed by atoms with Crippen LogP contribution in [0, 0.1) is 0 Å². The second-order valence-electron chi connectivity index (χ2n) is 4.37. The maximum Gasteiger partial charge on any atom is 0.168 e. The minimum atomic E-state index is 0.123. The van der Waals surface area contributed by atoms with Crippen molar-refractivity contribution < 1.29 is 14.3 Å². The predicted molar refractivity (Wildman–Crippen MR) is 72.3 cm³/mol. The van der Waals surface area contributed by atoms with Crippen LogP contribution in [0.1, 0.15) is 16.8 Å². The van der Waals surface area contributed by atoms with Gasteiger partial charge in [0.2, 0.25) is 0 Å². The minimum Gasteiger partial charge on any atom is -0.493 e. The Morgan fingerprint density at radius 1 is 1.21 bits per heavy atom. The first kappa shape index (κ1) is 11.8. The number of Topliss-reactive ketones (excluding diaryl/α,β-unsaturated/α-hetero) is 1. The van der Waals surface area contributed by atoms with Crippen LogP contribution in [0.3, 0.4) is 0 Å². The molecule has 2 heterocycles. The van der Waals surface area contributed by atoms with Gasteiger partial charge < -0.3 is 14.8 Å². The molecule has 0 spiro atoms. The molecule has 3 rings (SSSR count). The summed E-state index contributed by atoms with van der Waals surface area (Å²) in [6.45, 7) is 0.652. The number of ether oxygens (including phenoxy) is 2. The summed E-state index contributed by atoms with van der Waals surface area (Å²) in [5.74, 6) is 1.38. The highest BCUT2D eigenvalue weighted by molar-refractivity contribution is 6.10. The number of carbonyl (C=O) groups excluding carboxylic acids is 1. The molecule has 0 bridgehead atoms. The van der Waals surface area contributed by atoms with Gasteiger partial charge in [0.25, 0.3) is 0 Å². The average Bonchev–Trinajstić information content (AvgIpc) is 2.45. The molecule has 1 aliphatic rings. The van der Waals surface area contributed by atoms with Crippen molar-refractivity contribution >= 4 is 22.4 Å². The molecule has 5 heteroatoms. The van der Waals surface area contributed by atoms with Crippen molar-refractivity contribution in [2.24, 2.45) is 0 Å². The Balaban J connectivity index is 2.30. The van der Waals surface area contributed by atoms with Gasteiger partial charge in [-0.3, -0.25) is 9.78 Å². The number of ketones is 1. The third kappa shape index (κ3) is 1.78. The number of nitrogens with one attached hydrogen (secondary N) is 1. The molecule has 19 heavy (non-hydrogen) atoms. The molecule has 1 N–H and O–H groups in total. The number of pyridine rings is 1. The summed E-state index contributed by atoms with van der Waals surface area (Å²) in [6.07, 6.45) is 2.13. The molecule has 1 aliphatic heterocycles. The number of hydrogen-bond acceptors (Lipinski definition) is 5. The van der Waals surface area contributed by atoms with Gasteiger partial charge in [-0.1, -0.05) is 0 Å². The smallest absolute Gasteiger partial charge is 0.168 e. The molecular formula is C14H14N2O3. The average molecular weight is 258 g/mol. The molecule has 0 aliphatic carbocycles. The highest BCUT2D eigenvalue weighted by Gasteiger charge is 2.20. The number of hydrogen-bond donors (Lipinski definition) is 1. The lowest BCUT2D eigenvalue weighted by atomic mass is 10.0. The first-order chi connectivity index (χ1) is 9.24. The summed E-state index contributed by atoms with van der Waals surface area (Å²) in [5, 5.41) is 4.15. The fourth-order valence-electron chi connectivity index (χ4n) is 2.36. The number of carbonyl (C=O) groups is 1.